The van der Waals surface area contributed by atoms with E-state index in [9.17, 15) is 9.59 Å². The van der Waals surface area contributed by atoms with Gasteiger partial charge in [0.2, 0.25) is 0 Å². The first-order valence-corrected chi connectivity index (χ1v) is 8.48. The smallest absolute Gasteiger partial charge is 0.318 e. The minimum atomic E-state index is -0.484. The second kappa shape index (κ2) is 6.82. The number of halogens is 1. The van der Waals surface area contributed by atoms with E-state index in [0.29, 0.717) is 10.2 Å². The number of carbonyl (C=O) groups excluding carboxylic acids is 2. The molecule has 0 fully saturated rings. The molecule has 126 valence electrons. The number of rotatable bonds is 3. The first kappa shape index (κ1) is 16.8. The number of carbonyl (C=O) groups is 2. The molecule has 0 saturated heterocycles. The molecule has 7 nitrogen and oxygen atoms in total. The van der Waals surface area contributed by atoms with E-state index >= 15 is 0 Å². The zero-order valence-corrected chi connectivity index (χ0v) is 14.5. The minimum absolute atomic E-state index is 0.299. The maximum Gasteiger partial charge on any atom is 0.318 e. The Bertz CT molecular complexity index is 739. The van der Waals surface area contributed by atoms with Gasteiger partial charge in [0.25, 0.3) is 5.91 Å². The average Bonchev–Trinajstić information content (AvgIpc) is 2.98. The number of nitrogens with zero attached hydrogens (tertiary/aromatic N) is 3. The van der Waals surface area contributed by atoms with Gasteiger partial charge in [0.1, 0.15) is 17.3 Å². The van der Waals surface area contributed by atoms with Crippen LogP contribution < -0.4 is 10.3 Å². The van der Waals surface area contributed by atoms with Crippen LogP contribution in [0, 0.1) is 5.92 Å². The maximum atomic E-state index is 12.2. The summed E-state index contributed by atoms with van der Waals surface area (Å²) >= 11 is 7.17. The fourth-order valence-corrected chi connectivity index (χ4v) is 3.46. The highest BCUT2D eigenvalue weighted by Gasteiger charge is 2.41. The number of benzene rings is 1. The van der Waals surface area contributed by atoms with Crippen molar-refractivity contribution in [3.8, 4) is 0 Å². The monoisotopic (exact) mass is 366 g/mol. The van der Waals surface area contributed by atoms with Gasteiger partial charge in [0.05, 0.1) is 12.8 Å². The predicted molar refractivity (Wildman–Crippen MR) is 94.3 cm³/mol. The molecule has 0 saturated carbocycles. The van der Waals surface area contributed by atoms with Crippen molar-refractivity contribution in [2.45, 2.75) is 18.3 Å². The Labute approximate surface area is 148 Å². The quantitative estimate of drug-likeness (QED) is 0.822. The second-order valence-corrected chi connectivity index (χ2v) is 7.01. The SMILES string of the molecule is COC(=O)C(C)SC1=NC(=O)C2C=NN(c3cccc(Cl)c3)C2N1. The molecule has 3 atom stereocenters. The molecule has 3 unspecified atom stereocenters. The molecule has 1 amide bonds. The van der Waals surface area contributed by atoms with E-state index in [2.05, 4.69) is 15.4 Å². The molecule has 2 aliphatic heterocycles. The lowest BCUT2D eigenvalue weighted by molar-refractivity contribution is -0.139. The number of hydrogen-bond acceptors (Lipinski definition) is 7. The van der Waals surface area contributed by atoms with Crippen LogP contribution in [0.25, 0.3) is 0 Å². The number of nitrogens with one attached hydrogen (secondary N) is 1. The van der Waals surface area contributed by atoms with Crippen LogP contribution in [-0.4, -0.2) is 41.8 Å². The van der Waals surface area contributed by atoms with E-state index in [4.69, 9.17) is 16.3 Å². The summed E-state index contributed by atoms with van der Waals surface area (Å²) in [5, 5.41) is 9.62. The Balaban J connectivity index is 1.79. The van der Waals surface area contributed by atoms with E-state index in [-0.39, 0.29) is 11.9 Å². The van der Waals surface area contributed by atoms with E-state index in [1.807, 2.05) is 12.1 Å². The third kappa shape index (κ3) is 3.25. The molecule has 0 radical (unpaired) electrons. The summed E-state index contributed by atoms with van der Waals surface area (Å²) in [7, 11) is 1.32. The van der Waals surface area contributed by atoms with Crippen LogP contribution in [0.3, 0.4) is 0 Å². The van der Waals surface area contributed by atoms with Gasteiger partial charge in [-0.05, 0) is 25.1 Å². The molecule has 9 heteroatoms. The Hall–Kier alpha value is -2.06. The first-order chi connectivity index (χ1) is 11.5. The zero-order chi connectivity index (χ0) is 17.3. The molecule has 2 aliphatic rings. The van der Waals surface area contributed by atoms with Crippen LogP contribution in [0.5, 0.6) is 0 Å². The van der Waals surface area contributed by atoms with Gasteiger partial charge >= 0.3 is 5.97 Å². The standard InChI is InChI=1S/C15H15ClN4O3S/c1-8(14(22)23-2)24-15-18-12-11(13(21)19-15)7-17-20(12)10-5-3-4-9(16)6-10/h3-8,11-12H,1-2H3,(H,18,19,21). The number of methoxy groups -OCH3 is 1. The topological polar surface area (TPSA) is 83.4 Å². The highest BCUT2D eigenvalue weighted by Crippen LogP contribution is 2.30. The Morgan fingerprint density at radius 1 is 1.50 bits per heavy atom. The second-order valence-electron chi connectivity index (χ2n) is 5.24. The van der Waals surface area contributed by atoms with Gasteiger partial charge in [-0.2, -0.15) is 10.1 Å². The van der Waals surface area contributed by atoms with Crippen LogP contribution in [0.2, 0.25) is 5.02 Å². The lowest BCUT2D eigenvalue weighted by atomic mass is 10.1. The summed E-state index contributed by atoms with van der Waals surface area (Å²) in [6, 6.07) is 7.20. The number of amidine groups is 1. The normalized spacial score (nSPS) is 23.4. The van der Waals surface area contributed by atoms with E-state index in [0.717, 1.165) is 17.4 Å². The van der Waals surface area contributed by atoms with Crippen molar-refractivity contribution in [3.63, 3.8) is 0 Å². The molecule has 1 aromatic carbocycles. The summed E-state index contributed by atoms with van der Waals surface area (Å²) in [5.41, 5.74) is 0.763. The van der Waals surface area contributed by atoms with Gasteiger partial charge in [-0.25, -0.2) is 5.01 Å². The van der Waals surface area contributed by atoms with Gasteiger partial charge in [-0.1, -0.05) is 29.4 Å². The van der Waals surface area contributed by atoms with Crippen molar-refractivity contribution in [2.24, 2.45) is 16.0 Å². The largest absolute Gasteiger partial charge is 0.468 e. The molecule has 24 heavy (non-hydrogen) atoms. The number of amides is 1. The van der Waals surface area contributed by atoms with Crippen molar-refractivity contribution < 1.29 is 14.3 Å². The average molecular weight is 367 g/mol. The fourth-order valence-electron chi connectivity index (χ4n) is 2.42. The summed E-state index contributed by atoms with van der Waals surface area (Å²) in [5.74, 6) is -1.16. The number of anilines is 1. The van der Waals surface area contributed by atoms with Crippen LogP contribution in [0.15, 0.2) is 34.4 Å². The van der Waals surface area contributed by atoms with Gasteiger partial charge in [-0.3, -0.25) is 9.59 Å². The predicted octanol–water partition coefficient (Wildman–Crippen LogP) is 1.87. The zero-order valence-electron chi connectivity index (χ0n) is 13.0. The Morgan fingerprint density at radius 2 is 2.29 bits per heavy atom. The van der Waals surface area contributed by atoms with Crippen molar-refractivity contribution in [1.82, 2.24) is 5.32 Å². The molecule has 0 bridgehead atoms. The van der Waals surface area contributed by atoms with Gasteiger partial charge in [0.15, 0.2) is 5.17 Å². The van der Waals surface area contributed by atoms with Crippen molar-refractivity contribution >= 4 is 52.3 Å². The number of aliphatic imine (C=N–C) groups is 1. The van der Waals surface area contributed by atoms with Crippen molar-refractivity contribution in [3.05, 3.63) is 29.3 Å². The van der Waals surface area contributed by atoms with Crippen LogP contribution >= 0.6 is 23.4 Å². The summed E-state index contributed by atoms with van der Waals surface area (Å²) in [4.78, 5) is 27.8. The van der Waals surface area contributed by atoms with Crippen LogP contribution in [-0.2, 0) is 14.3 Å². The maximum absolute atomic E-state index is 12.2. The molecular formula is C15H15ClN4O3S. The molecule has 1 aromatic rings. The van der Waals surface area contributed by atoms with Crippen LogP contribution in [0.1, 0.15) is 6.92 Å². The lowest BCUT2D eigenvalue weighted by Crippen LogP contribution is -2.52. The number of hydrazone groups is 1. The summed E-state index contributed by atoms with van der Waals surface area (Å²) < 4.78 is 4.69. The lowest BCUT2D eigenvalue weighted by Gasteiger charge is -2.31. The van der Waals surface area contributed by atoms with Gasteiger partial charge in [0, 0.05) is 11.2 Å². The Kier molecular flexibility index (Phi) is 4.77. The fraction of sp³-hybridized carbons (Fsp3) is 0.333. The van der Waals surface area contributed by atoms with E-state index in [1.165, 1.54) is 7.11 Å². The number of hydrogen-bond donors (Lipinski definition) is 1. The van der Waals surface area contributed by atoms with Crippen molar-refractivity contribution in [1.29, 1.82) is 0 Å². The number of esters is 1. The molecule has 0 aromatic heterocycles. The van der Waals surface area contributed by atoms with Gasteiger partial charge < -0.3 is 10.1 Å². The molecular weight excluding hydrogens is 352 g/mol. The molecule has 0 aliphatic carbocycles. The Morgan fingerprint density at radius 3 is 3.00 bits per heavy atom. The highest BCUT2D eigenvalue weighted by atomic mass is 35.5. The molecule has 3 rings (SSSR count). The van der Waals surface area contributed by atoms with Crippen LogP contribution in [0.4, 0.5) is 5.69 Å². The van der Waals surface area contributed by atoms with Gasteiger partial charge in [-0.15, -0.1) is 0 Å². The van der Waals surface area contributed by atoms with E-state index in [1.54, 1.807) is 30.3 Å². The first-order valence-electron chi connectivity index (χ1n) is 7.22. The number of thioether (sulfide) groups is 1. The van der Waals surface area contributed by atoms with Crippen molar-refractivity contribution in [2.75, 3.05) is 12.1 Å². The third-order valence-electron chi connectivity index (χ3n) is 3.62. The van der Waals surface area contributed by atoms with E-state index < -0.39 is 17.3 Å². The molecule has 2 heterocycles. The molecule has 1 N–H and O–H groups in total. The highest BCUT2D eigenvalue weighted by molar-refractivity contribution is 8.14. The third-order valence-corrected chi connectivity index (χ3v) is 4.83. The number of ether oxygens (including phenoxy) is 1. The molecule has 0 spiro atoms. The number of fused-ring (bicyclic) bond motifs is 1. The summed E-state index contributed by atoms with van der Waals surface area (Å²) in [6.07, 6.45) is 1.16. The minimum Gasteiger partial charge on any atom is -0.468 e. The summed E-state index contributed by atoms with van der Waals surface area (Å²) in [6.45, 7) is 1.69.